The van der Waals surface area contributed by atoms with Gasteiger partial charge in [-0.3, -0.25) is 0 Å². The van der Waals surface area contributed by atoms with Crippen LogP contribution in [0.5, 0.6) is 5.75 Å². The third-order valence-electron chi connectivity index (χ3n) is 1.70. The summed E-state index contributed by atoms with van der Waals surface area (Å²) in [5.41, 5.74) is -0.558. The predicted octanol–water partition coefficient (Wildman–Crippen LogP) is 2.70. The average molecular weight is 238 g/mol. The number of hydrogen-bond donors (Lipinski definition) is 1. The molecule has 1 aromatic rings. The van der Waals surface area contributed by atoms with E-state index in [4.69, 9.17) is 9.84 Å². The molecule has 0 fully saturated rings. The number of para-hydroxylation sites is 1. The minimum absolute atomic E-state index is 0.0331. The molecule has 0 bridgehead atoms. The molecule has 1 N–H and O–H groups in total. The third kappa shape index (κ3) is 4.14. The van der Waals surface area contributed by atoms with E-state index in [2.05, 4.69) is 4.74 Å². The standard InChI is InChI=1S/C12H14O5/c1-12(2,3)17-10(13)8-6-4-5-7-9(8)16-11(14)15/h4-7H,1-3H3,(H,14,15). The van der Waals surface area contributed by atoms with E-state index in [9.17, 15) is 9.59 Å². The summed E-state index contributed by atoms with van der Waals surface area (Å²) in [5, 5.41) is 8.53. The minimum atomic E-state index is -1.47. The van der Waals surface area contributed by atoms with Crippen LogP contribution >= 0.6 is 0 Å². The van der Waals surface area contributed by atoms with Crippen LogP contribution in [-0.4, -0.2) is 22.8 Å². The lowest BCUT2D eigenvalue weighted by atomic mass is 10.1. The largest absolute Gasteiger partial charge is 0.511 e. The molecule has 0 unspecified atom stereocenters. The normalized spacial score (nSPS) is 10.8. The molecule has 1 rings (SSSR count). The number of carbonyl (C=O) groups excluding carboxylic acids is 1. The van der Waals surface area contributed by atoms with Crippen LogP contribution in [0.1, 0.15) is 31.1 Å². The van der Waals surface area contributed by atoms with Crippen LogP contribution in [-0.2, 0) is 4.74 Å². The molecule has 0 spiro atoms. The summed E-state index contributed by atoms with van der Waals surface area (Å²) < 4.78 is 9.63. The Bertz CT molecular complexity index is 431. The highest BCUT2D eigenvalue weighted by molar-refractivity contribution is 5.93. The molecule has 0 heterocycles. The molecule has 0 aliphatic heterocycles. The molecule has 0 saturated heterocycles. The van der Waals surface area contributed by atoms with Crippen LogP contribution in [0.4, 0.5) is 4.79 Å². The average Bonchev–Trinajstić information content (AvgIpc) is 2.14. The van der Waals surface area contributed by atoms with Gasteiger partial charge in [0.1, 0.15) is 16.9 Å². The molecule has 0 radical (unpaired) electrons. The Hall–Kier alpha value is -2.04. The van der Waals surface area contributed by atoms with E-state index in [1.54, 1.807) is 32.9 Å². The van der Waals surface area contributed by atoms with E-state index >= 15 is 0 Å². The zero-order chi connectivity index (χ0) is 13.1. The summed E-state index contributed by atoms with van der Waals surface area (Å²) >= 11 is 0. The first-order chi connectivity index (χ1) is 7.79. The van der Waals surface area contributed by atoms with Crippen molar-refractivity contribution in [3.8, 4) is 5.75 Å². The fourth-order valence-electron chi connectivity index (χ4n) is 1.15. The molecular weight excluding hydrogens is 224 g/mol. The highest BCUT2D eigenvalue weighted by Crippen LogP contribution is 2.21. The summed E-state index contributed by atoms with van der Waals surface area (Å²) in [6, 6.07) is 6.03. The molecule has 17 heavy (non-hydrogen) atoms. The van der Waals surface area contributed by atoms with Gasteiger partial charge in [0.15, 0.2) is 0 Å². The number of ether oxygens (including phenoxy) is 2. The molecule has 0 aliphatic carbocycles. The van der Waals surface area contributed by atoms with Crippen molar-refractivity contribution in [2.24, 2.45) is 0 Å². The van der Waals surface area contributed by atoms with Gasteiger partial charge >= 0.3 is 12.1 Å². The van der Waals surface area contributed by atoms with E-state index in [1.807, 2.05) is 0 Å². The van der Waals surface area contributed by atoms with Gasteiger partial charge in [0.05, 0.1) is 0 Å². The SMILES string of the molecule is CC(C)(C)OC(=O)c1ccccc1OC(=O)O. The topological polar surface area (TPSA) is 72.8 Å². The highest BCUT2D eigenvalue weighted by atomic mass is 16.7. The third-order valence-corrected chi connectivity index (χ3v) is 1.70. The summed E-state index contributed by atoms with van der Waals surface area (Å²) in [6.45, 7) is 5.18. The van der Waals surface area contributed by atoms with Gasteiger partial charge in [0, 0.05) is 0 Å². The molecule has 0 aliphatic rings. The van der Waals surface area contributed by atoms with Crippen molar-refractivity contribution in [2.75, 3.05) is 0 Å². The zero-order valence-corrected chi connectivity index (χ0v) is 9.89. The predicted molar refractivity (Wildman–Crippen MR) is 60.3 cm³/mol. The van der Waals surface area contributed by atoms with Gasteiger partial charge < -0.3 is 14.6 Å². The number of rotatable bonds is 2. The summed E-state index contributed by atoms with van der Waals surface area (Å²) in [5.74, 6) is -0.649. The monoisotopic (exact) mass is 238 g/mol. The zero-order valence-electron chi connectivity index (χ0n) is 9.89. The molecule has 0 atom stereocenters. The van der Waals surface area contributed by atoms with Gasteiger partial charge in [0.25, 0.3) is 0 Å². The number of benzene rings is 1. The van der Waals surface area contributed by atoms with Crippen LogP contribution in [0.25, 0.3) is 0 Å². The van der Waals surface area contributed by atoms with Gasteiger partial charge in [0.2, 0.25) is 0 Å². The Kier molecular flexibility index (Phi) is 3.73. The van der Waals surface area contributed by atoms with Crippen molar-refractivity contribution >= 4 is 12.1 Å². The molecule has 5 heteroatoms. The van der Waals surface area contributed by atoms with Crippen LogP contribution < -0.4 is 4.74 Å². The van der Waals surface area contributed by atoms with Gasteiger partial charge in [-0.25, -0.2) is 9.59 Å². The summed E-state index contributed by atoms with van der Waals surface area (Å²) in [7, 11) is 0. The molecule has 0 amide bonds. The first kappa shape index (κ1) is 13.0. The quantitative estimate of drug-likeness (QED) is 0.633. The van der Waals surface area contributed by atoms with E-state index < -0.39 is 17.7 Å². The highest BCUT2D eigenvalue weighted by Gasteiger charge is 2.21. The second-order valence-electron chi connectivity index (χ2n) is 4.37. The second kappa shape index (κ2) is 4.86. The number of esters is 1. The Labute approximate surface area is 99.0 Å². The number of hydrogen-bond acceptors (Lipinski definition) is 4. The molecule has 0 saturated carbocycles. The molecule has 92 valence electrons. The first-order valence-corrected chi connectivity index (χ1v) is 5.03. The fraction of sp³-hybridized carbons (Fsp3) is 0.333. The van der Waals surface area contributed by atoms with Crippen molar-refractivity contribution in [2.45, 2.75) is 26.4 Å². The summed E-state index contributed by atoms with van der Waals surface area (Å²) in [6.07, 6.45) is -1.47. The maximum absolute atomic E-state index is 11.8. The number of carbonyl (C=O) groups is 2. The lowest BCUT2D eigenvalue weighted by Crippen LogP contribution is -2.24. The minimum Gasteiger partial charge on any atom is -0.456 e. The fourth-order valence-corrected chi connectivity index (χ4v) is 1.15. The van der Waals surface area contributed by atoms with Gasteiger partial charge in [-0.15, -0.1) is 0 Å². The Morgan fingerprint density at radius 1 is 1.18 bits per heavy atom. The van der Waals surface area contributed by atoms with Crippen molar-refractivity contribution in [1.29, 1.82) is 0 Å². The van der Waals surface area contributed by atoms with Crippen molar-refractivity contribution in [3.05, 3.63) is 29.8 Å². The lowest BCUT2D eigenvalue weighted by Gasteiger charge is -2.20. The second-order valence-corrected chi connectivity index (χ2v) is 4.37. The van der Waals surface area contributed by atoms with Crippen LogP contribution in [0.3, 0.4) is 0 Å². The maximum atomic E-state index is 11.8. The van der Waals surface area contributed by atoms with Crippen LogP contribution in [0.15, 0.2) is 24.3 Å². The Balaban J connectivity index is 2.97. The van der Waals surface area contributed by atoms with Crippen molar-refractivity contribution < 1.29 is 24.2 Å². The van der Waals surface area contributed by atoms with E-state index in [0.717, 1.165) is 0 Å². The van der Waals surface area contributed by atoms with E-state index in [0.29, 0.717) is 0 Å². The Morgan fingerprint density at radius 2 is 1.76 bits per heavy atom. The molecule has 0 aromatic heterocycles. The van der Waals surface area contributed by atoms with Crippen molar-refractivity contribution in [3.63, 3.8) is 0 Å². The summed E-state index contributed by atoms with van der Waals surface area (Å²) in [4.78, 5) is 22.2. The molecule has 5 nitrogen and oxygen atoms in total. The van der Waals surface area contributed by atoms with E-state index in [-0.39, 0.29) is 11.3 Å². The molecule has 1 aromatic carbocycles. The maximum Gasteiger partial charge on any atom is 0.511 e. The van der Waals surface area contributed by atoms with Gasteiger partial charge in [-0.05, 0) is 32.9 Å². The van der Waals surface area contributed by atoms with Gasteiger partial charge in [-0.2, -0.15) is 0 Å². The van der Waals surface area contributed by atoms with Crippen molar-refractivity contribution in [1.82, 2.24) is 0 Å². The van der Waals surface area contributed by atoms with Crippen LogP contribution in [0, 0.1) is 0 Å². The van der Waals surface area contributed by atoms with Crippen LogP contribution in [0.2, 0.25) is 0 Å². The molecular formula is C12H14O5. The Morgan fingerprint density at radius 3 is 2.29 bits per heavy atom. The lowest BCUT2D eigenvalue weighted by molar-refractivity contribution is 0.00669. The first-order valence-electron chi connectivity index (χ1n) is 5.03. The van der Waals surface area contributed by atoms with E-state index in [1.165, 1.54) is 12.1 Å². The smallest absolute Gasteiger partial charge is 0.456 e. The number of carboxylic acid groups (broad SMARTS) is 1. The van der Waals surface area contributed by atoms with Gasteiger partial charge in [-0.1, -0.05) is 12.1 Å².